The summed E-state index contributed by atoms with van der Waals surface area (Å²) in [6.45, 7) is 4.66. The third-order valence-corrected chi connectivity index (χ3v) is 5.20. The molecule has 0 radical (unpaired) electrons. The van der Waals surface area contributed by atoms with Crippen LogP contribution in [0.2, 0.25) is 0 Å². The summed E-state index contributed by atoms with van der Waals surface area (Å²) in [5, 5.41) is 0. The Kier molecular flexibility index (Phi) is 6.16. The molecule has 0 aromatic heterocycles. The molecule has 0 bridgehead atoms. The molecular weight excluding hydrogens is 303 g/mol. The number of halogens is 1. The van der Waals surface area contributed by atoms with Crippen molar-refractivity contribution in [2.24, 2.45) is 0 Å². The summed E-state index contributed by atoms with van der Waals surface area (Å²) in [7, 11) is 0. The third-order valence-electron chi connectivity index (χ3n) is 5.20. The average Bonchev–Trinajstić information content (AvgIpc) is 3.12. The molecule has 1 saturated heterocycles. The molecule has 1 aliphatic heterocycles. The normalized spacial score (nSPS) is 20.9. The lowest BCUT2D eigenvalue weighted by Crippen LogP contribution is -2.50. The zero-order valence-electron chi connectivity index (χ0n) is 14.3. The number of piperazine rings is 1. The Balaban J connectivity index is 1.39. The number of ketones is 1. The summed E-state index contributed by atoms with van der Waals surface area (Å²) in [6.07, 6.45) is 9.28. The molecule has 0 N–H and O–H groups in total. The van der Waals surface area contributed by atoms with Crippen LogP contribution in [0.15, 0.2) is 30.3 Å². The fraction of sp³-hybridized carbons (Fsp3) is 0.550. The highest BCUT2D eigenvalue weighted by atomic mass is 19.1. The molecule has 1 saturated carbocycles. The van der Waals surface area contributed by atoms with Gasteiger partial charge in [-0.2, -0.15) is 0 Å². The number of benzene rings is 1. The van der Waals surface area contributed by atoms with Crippen LogP contribution >= 0.6 is 0 Å². The molecular formula is C20H27FN2O. The first kappa shape index (κ1) is 17.3. The summed E-state index contributed by atoms with van der Waals surface area (Å²) < 4.78 is 13.5. The van der Waals surface area contributed by atoms with Crippen molar-refractivity contribution in [2.75, 3.05) is 32.7 Å². The van der Waals surface area contributed by atoms with Crippen molar-refractivity contribution in [2.45, 2.75) is 38.1 Å². The van der Waals surface area contributed by atoms with Gasteiger partial charge in [-0.25, -0.2) is 4.39 Å². The first-order valence-corrected chi connectivity index (χ1v) is 9.11. The molecule has 2 fully saturated rings. The van der Waals surface area contributed by atoms with Gasteiger partial charge in [-0.15, -0.1) is 0 Å². The smallest absolute Gasteiger partial charge is 0.150 e. The van der Waals surface area contributed by atoms with Gasteiger partial charge in [0.05, 0.1) is 6.54 Å². The van der Waals surface area contributed by atoms with Gasteiger partial charge in [-0.1, -0.05) is 43.2 Å². The molecule has 0 amide bonds. The van der Waals surface area contributed by atoms with Gasteiger partial charge in [0.2, 0.25) is 0 Å². The molecule has 1 aromatic rings. The van der Waals surface area contributed by atoms with Crippen LogP contribution in [0.25, 0.3) is 6.08 Å². The summed E-state index contributed by atoms with van der Waals surface area (Å²) in [5.41, 5.74) is 0.537. The third kappa shape index (κ3) is 4.74. The van der Waals surface area contributed by atoms with E-state index in [0.717, 1.165) is 32.2 Å². The molecule has 3 nitrogen and oxygen atoms in total. The van der Waals surface area contributed by atoms with Gasteiger partial charge in [0.1, 0.15) is 5.82 Å². The molecule has 0 unspecified atom stereocenters. The van der Waals surface area contributed by atoms with Crippen LogP contribution in [0.3, 0.4) is 0 Å². The van der Waals surface area contributed by atoms with Gasteiger partial charge in [0.15, 0.2) is 5.78 Å². The highest BCUT2D eigenvalue weighted by molar-refractivity contribution is 5.82. The molecule has 0 spiro atoms. The minimum Gasteiger partial charge on any atom is -0.298 e. The zero-order chi connectivity index (χ0) is 16.8. The van der Waals surface area contributed by atoms with E-state index in [1.54, 1.807) is 30.4 Å². The summed E-state index contributed by atoms with van der Waals surface area (Å²) in [6, 6.07) is 7.41. The van der Waals surface area contributed by atoms with Crippen LogP contribution in [-0.4, -0.2) is 54.3 Å². The van der Waals surface area contributed by atoms with Crippen molar-refractivity contribution in [1.82, 2.24) is 9.80 Å². The standard InChI is InChI=1S/C20H27FN2O/c21-20-11-4-1-6-17(20)7-5-10-19(24)16-22-12-14-23(15-13-22)18-8-2-3-9-18/h1,4-7,11,18H,2-3,8-10,12-16H2. The average molecular weight is 330 g/mol. The molecule has 3 rings (SSSR count). The Hall–Kier alpha value is -1.52. The van der Waals surface area contributed by atoms with Gasteiger partial charge in [-0.05, 0) is 18.9 Å². The molecule has 0 atom stereocenters. The lowest BCUT2D eigenvalue weighted by atomic mass is 10.1. The lowest BCUT2D eigenvalue weighted by molar-refractivity contribution is -0.119. The predicted octanol–water partition coefficient (Wildman–Crippen LogP) is 3.36. The van der Waals surface area contributed by atoms with Crippen molar-refractivity contribution < 1.29 is 9.18 Å². The van der Waals surface area contributed by atoms with Crippen molar-refractivity contribution in [1.29, 1.82) is 0 Å². The van der Waals surface area contributed by atoms with Gasteiger partial charge in [0.25, 0.3) is 0 Å². The van der Waals surface area contributed by atoms with E-state index >= 15 is 0 Å². The fourth-order valence-corrected chi connectivity index (χ4v) is 3.80. The molecule has 1 heterocycles. The largest absolute Gasteiger partial charge is 0.298 e. The Labute approximate surface area is 144 Å². The van der Waals surface area contributed by atoms with E-state index in [1.807, 2.05) is 0 Å². The molecule has 4 heteroatoms. The first-order valence-electron chi connectivity index (χ1n) is 9.11. The number of carbonyl (C=O) groups is 1. The van der Waals surface area contributed by atoms with E-state index in [2.05, 4.69) is 9.80 Å². The van der Waals surface area contributed by atoms with E-state index in [9.17, 15) is 9.18 Å². The van der Waals surface area contributed by atoms with E-state index < -0.39 is 0 Å². The van der Waals surface area contributed by atoms with Crippen LogP contribution in [0.4, 0.5) is 4.39 Å². The lowest BCUT2D eigenvalue weighted by Gasteiger charge is -2.37. The Morgan fingerprint density at radius 1 is 1.12 bits per heavy atom. The number of hydrogen-bond acceptors (Lipinski definition) is 3. The summed E-state index contributed by atoms with van der Waals surface area (Å²) in [4.78, 5) is 17.0. The van der Waals surface area contributed by atoms with E-state index in [1.165, 1.54) is 31.7 Å². The SMILES string of the molecule is O=C(CC=Cc1ccccc1F)CN1CCN(C2CCCC2)CC1. The van der Waals surface area contributed by atoms with Crippen molar-refractivity contribution in [3.8, 4) is 0 Å². The fourth-order valence-electron chi connectivity index (χ4n) is 3.80. The minimum atomic E-state index is -0.246. The quantitative estimate of drug-likeness (QED) is 0.799. The van der Waals surface area contributed by atoms with Gasteiger partial charge in [0, 0.05) is 44.2 Å². The molecule has 1 aromatic carbocycles. The maximum Gasteiger partial charge on any atom is 0.150 e. The highest BCUT2D eigenvalue weighted by Gasteiger charge is 2.26. The zero-order valence-corrected chi connectivity index (χ0v) is 14.3. The summed E-state index contributed by atoms with van der Waals surface area (Å²) in [5.74, 6) is -0.0406. The topological polar surface area (TPSA) is 23.6 Å². The molecule has 1 aliphatic carbocycles. The second kappa shape index (κ2) is 8.54. The second-order valence-electron chi connectivity index (χ2n) is 6.92. The second-order valence-corrected chi connectivity index (χ2v) is 6.92. The number of rotatable bonds is 6. The van der Waals surface area contributed by atoms with E-state index in [-0.39, 0.29) is 11.6 Å². The van der Waals surface area contributed by atoms with Crippen LogP contribution in [0.1, 0.15) is 37.7 Å². The first-order chi connectivity index (χ1) is 11.7. The Bertz CT molecular complexity index is 573. The number of Topliss-reactive ketones (excluding diaryl/α,β-unsaturated/α-hetero) is 1. The Morgan fingerprint density at radius 3 is 2.54 bits per heavy atom. The van der Waals surface area contributed by atoms with Crippen molar-refractivity contribution >= 4 is 11.9 Å². The minimum absolute atomic E-state index is 0.205. The van der Waals surface area contributed by atoms with Gasteiger partial charge < -0.3 is 0 Å². The van der Waals surface area contributed by atoms with E-state index in [0.29, 0.717) is 18.5 Å². The van der Waals surface area contributed by atoms with Gasteiger partial charge in [-0.3, -0.25) is 14.6 Å². The van der Waals surface area contributed by atoms with Crippen LogP contribution < -0.4 is 0 Å². The van der Waals surface area contributed by atoms with Crippen molar-refractivity contribution in [3.63, 3.8) is 0 Å². The number of nitrogens with zero attached hydrogens (tertiary/aromatic N) is 2. The highest BCUT2D eigenvalue weighted by Crippen LogP contribution is 2.24. The molecule has 24 heavy (non-hydrogen) atoms. The Morgan fingerprint density at radius 2 is 1.83 bits per heavy atom. The molecule has 2 aliphatic rings. The van der Waals surface area contributed by atoms with Crippen molar-refractivity contribution in [3.05, 3.63) is 41.7 Å². The van der Waals surface area contributed by atoms with E-state index in [4.69, 9.17) is 0 Å². The monoisotopic (exact) mass is 330 g/mol. The van der Waals surface area contributed by atoms with Crippen LogP contribution in [0, 0.1) is 5.82 Å². The maximum absolute atomic E-state index is 13.5. The number of carbonyl (C=O) groups excluding carboxylic acids is 1. The van der Waals surface area contributed by atoms with Crippen LogP contribution in [-0.2, 0) is 4.79 Å². The van der Waals surface area contributed by atoms with Gasteiger partial charge >= 0.3 is 0 Å². The summed E-state index contributed by atoms with van der Waals surface area (Å²) >= 11 is 0. The molecule has 130 valence electrons. The number of hydrogen-bond donors (Lipinski definition) is 0. The van der Waals surface area contributed by atoms with Crippen LogP contribution in [0.5, 0.6) is 0 Å². The maximum atomic E-state index is 13.5. The predicted molar refractivity (Wildman–Crippen MR) is 95.3 cm³/mol. The number of allylic oxidation sites excluding steroid dienone is 1.